The molecule has 0 amide bonds. The average Bonchev–Trinajstić information content (AvgIpc) is 2.29. The first-order chi connectivity index (χ1) is 7.51. The molecule has 0 aromatic rings. The van der Waals surface area contributed by atoms with Crippen LogP contribution in [-0.2, 0) is 34.9 Å². The summed E-state index contributed by atoms with van der Waals surface area (Å²) in [7, 11) is 4.34. The summed E-state index contributed by atoms with van der Waals surface area (Å²) in [5.74, 6) is -0.501. The Morgan fingerprint density at radius 2 is 1.69 bits per heavy atom. The Morgan fingerprint density at radius 3 is 2.00 bits per heavy atom. The van der Waals surface area contributed by atoms with Gasteiger partial charge in [-0.15, -0.1) is 0 Å². The molecule has 6 heteroatoms. The van der Waals surface area contributed by atoms with E-state index in [-0.39, 0.29) is 0 Å². The van der Waals surface area contributed by atoms with E-state index in [1.165, 1.54) is 27.4 Å². The first-order valence-corrected chi connectivity index (χ1v) is 8.86. The fraction of sp³-hybridized carbons (Fsp3) is 0.700. The van der Waals surface area contributed by atoms with E-state index in [0.29, 0.717) is 4.73 Å². The number of hydrogen-bond acceptors (Lipinski definition) is 5. The molecule has 0 spiro atoms. The topological polar surface area (TPSA) is 54.0 Å². The van der Waals surface area contributed by atoms with Crippen molar-refractivity contribution in [2.45, 2.75) is 25.0 Å². The predicted octanol–water partition coefficient (Wildman–Crippen LogP) is 2.22. The summed E-state index contributed by atoms with van der Waals surface area (Å²) in [5.41, 5.74) is 0. The molecule has 0 unspecified atom stereocenters. The molecule has 0 radical (unpaired) electrons. The van der Waals surface area contributed by atoms with Crippen molar-refractivity contribution in [1.29, 1.82) is 0 Å². The molecule has 0 saturated heterocycles. The summed E-state index contributed by atoms with van der Waals surface area (Å²) < 4.78 is 21.9. The van der Waals surface area contributed by atoms with Gasteiger partial charge in [0, 0.05) is 0 Å². The Labute approximate surface area is 99.5 Å². The Morgan fingerprint density at radius 1 is 1.19 bits per heavy atom. The van der Waals surface area contributed by atoms with Crippen LogP contribution in [0.1, 0.15) is 20.3 Å². The minimum absolute atomic E-state index is 0.462. The molecule has 0 aliphatic heterocycles. The zero-order chi connectivity index (χ0) is 12.7. The summed E-state index contributed by atoms with van der Waals surface area (Å²) in [6.07, 6.45) is 3.65. The van der Waals surface area contributed by atoms with Crippen LogP contribution in [0.5, 0.6) is 0 Å². The normalized spacial score (nSPS) is 14.7. The Hall–Kier alpha value is -0.196. The van der Waals surface area contributed by atoms with Crippen molar-refractivity contribution in [1.82, 2.24) is 0 Å². The molecule has 0 aliphatic carbocycles. The van der Waals surface area contributed by atoms with Crippen molar-refractivity contribution in [2.24, 2.45) is 0 Å². The van der Waals surface area contributed by atoms with E-state index in [1.807, 2.05) is 6.92 Å². The summed E-state index contributed by atoms with van der Waals surface area (Å²) >= 11 is -4.49. The van der Waals surface area contributed by atoms with E-state index in [9.17, 15) is 4.79 Å². The second kappa shape index (κ2) is 6.52. The zero-order valence-electron chi connectivity index (χ0n) is 10.6. The van der Waals surface area contributed by atoms with E-state index >= 15 is 0 Å². The first-order valence-electron chi connectivity index (χ1n) is 5.21. The van der Waals surface area contributed by atoms with E-state index in [1.54, 1.807) is 13.0 Å². The van der Waals surface area contributed by atoms with Crippen LogP contribution in [0.2, 0.25) is 4.73 Å². The number of hydrogen-bond donors (Lipinski definition) is 0. The van der Waals surface area contributed by atoms with E-state index in [0.717, 1.165) is 6.42 Å². The maximum atomic E-state index is 11.5. The van der Waals surface area contributed by atoms with Crippen molar-refractivity contribution in [3.05, 3.63) is 12.2 Å². The second-order valence-electron chi connectivity index (χ2n) is 3.36. The fourth-order valence-corrected chi connectivity index (χ4v) is 5.78. The van der Waals surface area contributed by atoms with Crippen molar-refractivity contribution in [2.75, 3.05) is 21.3 Å². The van der Waals surface area contributed by atoms with Crippen LogP contribution in [0, 0.1) is 0 Å². The van der Waals surface area contributed by atoms with Crippen LogP contribution in [0.4, 0.5) is 0 Å². The van der Waals surface area contributed by atoms with Crippen molar-refractivity contribution in [3.8, 4) is 0 Å². The maximum absolute atomic E-state index is 11.5. The molecule has 0 atom stereocenters. The summed E-state index contributed by atoms with van der Waals surface area (Å²) in [6.45, 7) is 3.68. The van der Waals surface area contributed by atoms with Gasteiger partial charge in [0.2, 0.25) is 0 Å². The molecule has 95 valence electrons. The number of rotatable bonds is 7. The predicted molar refractivity (Wildman–Crippen MR) is 57.0 cm³/mol. The van der Waals surface area contributed by atoms with Crippen molar-refractivity contribution < 1.29 is 34.9 Å². The van der Waals surface area contributed by atoms with E-state index < -0.39 is 22.8 Å². The SMILES string of the molecule is CC=CC(=O)[O][Ti]([CH2]CC)([O]C)([O]C)[O]C. The molecular weight excluding hydrogens is 248 g/mol. The van der Waals surface area contributed by atoms with Gasteiger partial charge in [0.05, 0.1) is 0 Å². The molecule has 16 heavy (non-hydrogen) atoms. The standard InChI is InChI=1S/C4H6O2.C3H7.3CH3O.Ti/c1-2-3-4(5)6;1-3-2;3*1-2;/h2-3H,1H3,(H,5,6);1,3H2,2H3;3*1H3;/q;;3*-1;+4/p-1. The number of allylic oxidation sites excluding steroid dienone is 1. The van der Waals surface area contributed by atoms with Gasteiger partial charge in [0.25, 0.3) is 0 Å². The molecule has 0 rings (SSSR count). The van der Waals surface area contributed by atoms with Gasteiger partial charge in [-0.05, 0) is 0 Å². The van der Waals surface area contributed by atoms with Crippen LogP contribution in [0.25, 0.3) is 0 Å². The minimum atomic E-state index is -4.49. The molecule has 0 N–H and O–H groups in total. The fourth-order valence-electron chi connectivity index (χ4n) is 1.50. The van der Waals surface area contributed by atoms with Gasteiger partial charge in [-0.1, -0.05) is 0 Å². The van der Waals surface area contributed by atoms with Crippen LogP contribution in [-0.4, -0.2) is 27.3 Å². The van der Waals surface area contributed by atoms with Crippen LogP contribution in [0.15, 0.2) is 12.2 Å². The first kappa shape index (κ1) is 15.8. The average molecular weight is 269 g/mol. The van der Waals surface area contributed by atoms with Gasteiger partial charge < -0.3 is 0 Å². The third-order valence-corrected chi connectivity index (χ3v) is 9.12. The molecule has 0 bridgehead atoms. The number of carbonyl (C=O) groups excluding carboxylic acids is 1. The molecular formula is C10H21O5Ti. The Balaban J connectivity index is 5.11. The van der Waals surface area contributed by atoms with Gasteiger partial charge in [0.1, 0.15) is 0 Å². The quantitative estimate of drug-likeness (QED) is 0.524. The van der Waals surface area contributed by atoms with Crippen LogP contribution < -0.4 is 0 Å². The van der Waals surface area contributed by atoms with Crippen molar-refractivity contribution in [3.63, 3.8) is 0 Å². The molecule has 0 aromatic heterocycles. The molecule has 0 aromatic carbocycles. The Bertz CT molecular complexity index is 249. The summed E-state index contributed by atoms with van der Waals surface area (Å²) in [5, 5.41) is 0. The van der Waals surface area contributed by atoms with Gasteiger partial charge in [-0.3, -0.25) is 0 Å². The Kier molecular flexibility index (Phi) is 6.44. The molecule has 5 nitrogen and oxygen atoms in total. The second-order valence-corrected chi connectivity index (χ2v) is 9.74. The van der Waals surface area contributed by atoms with Gasteiger partial charge in [-0.25, -0.2) is 0 Å². The van der Waals surface area contributed by atoms with Gasteiger partial charge >= 0.3 is 99.4 Å². The van der Waals surface area contributed by atoms with E-state index in [4.69, 9.17) is 13.3 Å². The molecule has 0 aliphatic rings. The molecule has 0 fully saturated rings. The number of carbonyl (C=O) groups is 1. The third kappa shape index (κ3) is 3.40. The van der Waals surface area contributed by atoms with Gasteiger partial charge in [0.15, 0.2) is 0 Å². The van der Waals surface area contributed by atoms with Crippen LogP contribution >= 0.6 is 0 Å². The molecule has 0 saturated carbocycles. The van der Waals surface area contributed by atoms with Crippen LogP contribution in [0.3, 0.4) is 0 Å². The van der Waals surface area contributed by atoms with Gasteiger partial charge in [-0.2, -0.15) is 0 Å². The zero-order valence-corrected chi connectivity index (χ0v) is 12.2. The van der Waals surface area contributed by atoms with Crippen molar-refractivity contribution >= 4 is 5.97 Å². The third-order valence-electron chi connectivity index (χ3n) is 2.44. The molecule has 0 heterocycles. The monoisotopic (exact) mass is 269 g/mol. The van der Waals surface area contributed by atoms with E-state index in [2.05, 4.69) is 0 Å². The summed E-state index contributed by atoms with van der Waals surface area (Å²) in [4.78, 5) is 11.5. The summed E-state index contributed by atoms with van der Waals surface area (Å²) in [6, 6.07) is 0.